The summed E-state index contributed by atoms with van der Waals surface area (Å²) in [6, 6.07) is 0. The van der Waals surface area contributed by atoms with Gasteiger partial charge in [-0.2, -0.15) is 0 Å². The van der Waals surface area contributed by atoms with Crippen molar-refractivity contribution in [1.29, 1.82) is 0 Å². The molecule has 0 aromatic rings. The van der Waals surface area contributed by atoms with Crippen LogP contribution in [0.25, 0.3) is 0 Å². The Morgan fingerprint density at radius 1 is 1.32 bits per heavy atom. The molecule has 1 saturated heterocycles. The standard InChI is InChI=1S/C21H26O7/c1-12(2)20(24)27-17-8-15(10-22)6-5-7-16(11-26-14(4)23)9-18-19(17)13(3)21(25)28-18/h6,9,17-19,22H,1,3,5,7-8,10-11H2,2,4H3/b15-6-,16-9-/t17-,18-,19-/m1/s1. The van der Waals surface area contributed by atoms with Gasteiger partial charge in [0.1, 0.15) is 18.8 Å². The van der Waals surface area contributed by atoms with Gasteiger partial charge in [0.25, 0.3) is 0 Å². The molecular formula is C21H26O7. The third-order valence-electron chi connectivity index (χ3n) is 4.69. The molecule has 1 heterocycles. The molecule has 1 fully saturated rings. The van der Waals surface area contributed by atoms with E-state index in [4.69, 9.17) is 14.2 Å². The summed E-state index contributed by atoms with van der Waals surface area (Å²) >= 11 is 0. The van der Waals surface area contributed by atoms with Crippen LogP contribution in [0, 0.1) is 5.92 Å². The molecule has 0 bridgehead atoms. The lowest BCUT2D eigenvalue weighted by Gasteiger charge is -2.28. The summed E-state index contributed by atoms with van der Waals surface area (Å²) < 4.78 is 16.1. The van der Waals surface area contributed by atoms with E-state index in [-0.39, 0.29) is 30.8 Å². The number of allylic oxidation sites excluding steroid dienone is 1. The van der Waals surface area contributed by atoms with E-state index in [1.54, 1.807) is 6.08 Å². The molecule has 2 aliphatic rings. The summed E-state index contributed by atoms with van der Waals surface area (Å²) in [5.74, 6) is -2.18. The van der Waals surface area contributed by atoms with Crippen LogP contribution in [0.15, 0.2) is 47.6 Å². The minimum Gasteiger partial charge on any atom is -0.461 e. The monoisotopic (exact) mass is 390 g/mol. The smallest absolute Gasteiger partial charge is 0.334 e. The molecule has 0 amide bonds. The van der Waals surface area contributed by atoms with Gasteiger partial charge >= 0.3 is 17.9 Å². The van der Waals surface area contributed by atoms with Gasteiger partial charge in [0, 0.05) is 24.5 Å². The molecule has 7 heteroatoms. The second-order valence-corrected chi connectivity index (χ2v) is 7.01. The number of carbonyl (C=O) groups excluding carboxylic acids is 3. The minimum atomic E-state index is -0.754. The zero-order valence-electron chi connectivity index (χ0n) is 16.2. The number of hydrogen-bond acceptors (Lipinski definition) is 7. The third-order valence-corrected chi connectivity index (χ3v) is 4.69. The second-order valence-electron chi connectivity index (χ2n) is 7.01. The highest BCUT2D eigenvalue weighted by Gasteiger charge is 2.44. The Kier molecular flexibility index (Phi) is 7.34. The zero-order valence-corrected chi connectivity index (χ0v) is 16.2. The predicted molar refractivity (Wildman–Crippen MR) is 101 cm³/mol. The lowest BCUT2D eigenvalue weighted by Crippen LogP contribution is -2.34. The SMILES string of the molecule is C=C(C)C(=O)O[C@@H]1C/C(CO)=C/CC/C(COC(C)=O)=C/[C@H]2OC(=O)C(=C)[C@@H]21. The normalized spacial score (nSPS) is 28.8. The zero-order chi connectivity index (χ0) is 20.8. The van der Waals surface area contributed by atoms with Gasteiger partial charge < -0.3 is 19.3 Å². The van der Waals surface area contributed by atoms with Gasteiger partial charge in [0.2, 0.25) is 0 Å². The van der Waals surface area contributed by atoms with E-state index in [1.165, 1.54) is 13.8 Å². The van der Waals surface area contributed by atoms with Gasteiger partial charge in [0.05, 0.1) is 12.5 Å². The minimum absolute atomic E-state index is 0.0705. The fourth-order valence-corrected chi connectivity index (χ4v) is 3.22. The van der Waals surface area contributed by atoms with Gasteiger partial charge in [-0.25, -0.2) is 9.59 Å². The molecule has 1 aliphatic carbocycles. The summed E-state index contributed by atoms with van der Waals surface area (Å²) in [5.41, 5.74) is 1.88. The van der Waals surface area contributed by atoms with E-state index in [1.807, 2.05) is 6.08 Å². The van der Waals surface area contributed by atoms with Crippen molar-refractivity contribution in [3.05, 3.63) is 47.6 Å². The molecule has 0 aromatic carbocycles. The van der Waals surface area contributed by atoms with Crippen LogP contribution >= 0.6 is 0 Å². The second kappa shape index (κ2) is 9.50. The number of ether oxygens (including phenoxy) is 3. The molecule has 0 unspecified atom stereocenters. The third kappa shape index (κ3) is 5.42. The van der Waals surface area contributed by atoms with E-state index in [9.17, 15) is 19.5 Å². The topological polar surface area (TPSA) is 99.1 Å². The van der Waals surface area contributed by atoms with E-state index in [2.05, 4.69) is 13.2 Å². The maximum absolute atomic E-state index is 12.2. The molecular weight excluding hydrogens is 364 g/mol. The van der Waals surface area contributed by atoms with Crippen LogP contribution in [0.3, 0.4) is 0 Å². The fourth-order valence-electron chi connectivity index (χ4n) is 3.22. The van der Waals surface area contributed by atoms with Crippen molar-refractivity contribution in [2.45, 2.75) is 45.3 Å². The highest BCUT2D eigenvalue weighted by molar-refractivity contribution is 5.91. The van der Waals surface area contributed by atoms with Crippen LogP contribution in [0.1, 0.15) is 33.1 Å². The fraction of sp³-hybridized carbons (Fsp3) is 0.476. The van der Waals surface area contributed by atoms with Crippen LogP contribution in [-0.4, -0.2) is 48.4 Å². The lowest BCUT2D eigenvalue weighted by molar-refractivity contribution is -0.147. The van der Waals surface area contributed by atoms with Crippen LogP contribution in [-0.2, 0) is 28.6 Å². The molecule has 0 radical (unpaired) electrons. The Morgan fingerprint density at radius 2 is 2.04 bits per heavy atom. The van der Waals surface area contributed by atoms with E-state index in [0.717, 1.165) is 5.57 Å². The maximum atomic E-state index is 12.2. The number of rotatable bonds is 5. The Labute approximate surface area is 164 Å². The number of fused-ring (bicyclic) bond motifs is 1. The van der Waals surface area contributed by atoms with Crippen LogP contribution < -0.4 is 0 Å². The molecule has 1 N–H and O–H groups in total. The molecule has 3 atom stereocenters. The number of aliphatic hydroxyl groups excluding tert-OH is 1. The summed E-state index contributed by atoms with van der Waals surface area (Å²) in [6.45, 7) is 10.1. The first kappa shape index (κ1) is 21.6. The average Bonchev–Trinajstić information content (AvgIpc) is 2.91. The van der Waals surface area contributed by atoms with E-state index < -0.39 is 36.0 Å². The highest BCUT2D eigenvalue weighted by atomic mass is 16.6. The van der Waals surface area contributed by atoms with Crippen molar-refractivity contribution >= 4 is 17.9 Å². The lowest BCUT2D eigenvalue weighted by atomic mass is 9.85. The first-order valence-electron chi connectivity index (χ1n) is 9.10. The highest BCUT2D eigenvalue weighted by Crippen LogP contribution is 2.36. The number of esters is 3. The van der Waals surface area contributed by atoms with Crippen molar-refractivity contribution < 1.29 is 33.7 Å². The Balaban J connectivity index is 2.41. The molecule has 0 aromatic heterocycles. The number of hydrogen-bond donors (Lipinski definition) is 1. The van der Waals surface area contributed by atoms with E-state index >= 15 is 0 Å². The first-order valence-corrected chi connectivity index (χ1v) is 9.10. The van der Waals surface area contributed by atoms with Crippen molar-refractivity contribution in [1.82, 2.24) is 0 Å². The quantitative estimate of drug-likeness (QED) is 0.332. The largest absolute Gasteiger partial charge is 0.461 e. The van der Waals surface area contributed by atoms with Gasteiger partial charge in [-0.1, -0.05) is 19.2 Å². The molecule has 28 heavy (non-hydrogen) atoms. The number of carbonyl (C=O) groups is 3. The van der Waals surface area contributed by atoms with Crippen molar-refractivity contribution in [2.24, 2.45) is 5.92 Å². The molecule has 152 valence electrons. The molecule has 7 nitrogen and oxygen atoms in total. The summed E-state index contributed by atoms with van der Waals surface area (Å²) in [7, 11) is 0. The first-order chi connectivity index (χ1) is 13.2. The van der Waals surface area contributed by atoms with Crippen molar-refractivity contribution in [3.8, 4) is 0 Å². The van der Waals surface area contributed by atoms with Crippen LogP contribution in [0.5, 0.6) is 0 Å². The van der Waals surface area contributed by atoms with E-state index in [0.29, 0.717) is 18.4 Å². The Morgan fingerprint density at radius 3 is 2.64 bits per heavy atom. The summed E-state index contributed by atoms with van der Waals surface area (Å²) in [4.78, 5) is 35.5. The van der Waals surface area contributed by atoms with Crippen LogP contribution in [0.2, 0.25) is 0 Å². The molecule has 0 saturated carbocycles. The molecule has 1 aliphatic heterocycles. The van der Waals surface area contributed by atoms with Gasteiger partial charge in [0.15, 0.2) is 0 Å². The molecule has 2 rings (SSSR count). The Hall–Kier alpha value is -2.67. The van der Waals surface area contributed by atoms with Gasteiger partial charge in [-0.15, -0.1) is 0 Å². The predicted octanol–water partition coefficient (Wildman–Crippen LogP) is 2.16. The summed E-state index contributed by atoms with van der Waals surface area (Å²) in [5, 5.41) is 9.70. The Bertz CT molecular complexity index is 744. The van der Waals surface area contributed by atoms with Crippen molar-refractivity contribution in [2.75, 3.05) is 13.2 Å². The molecule has 0 spiro atoms. The summed E-state index contributed by atoms with van der Waals surface area (Å²) in [6.07, 6.45) is 3.56. The number of aliphatic hydroxyl groups is 1. The van der Waals surface area contributed by atoms with Gasteiger partial charge in [-0.3, -0.25) is 4.79 Å². The average molecular weight is 390 g/mol. The van der Waals surface area contributed by atoms with Crippen LogP contribution in [0.4, 0.5) is 0 Å². The van der Waals surface area contributed by atoms with Gasteiger partial charge in [-0.05, 0) is 37.0 Å². The van der Waals surface area contributed by atoms with Crippen molar-refractivity contribution in [3.63, 3.8) is 0 Å². The maximum Gasteiger partial charge on any atom is 0.334 e.